The van der Waals surface area contributed by atoms with Gasteiger partial charge in [0.2, 0.25) is 0 Å². The Morgan fingerprint density at radius 1 is 1.56 bits per heavy atom. The summed E-state index contributed by atoms with van der Waals surface area (Å²) in [5, 5.41) is 27.5. The summed E-state index contributed by atoms with van der Waals surface area (Å²) in [7, 11) is 0. The molecule has 0 amide bonds. The van der Waals surface area contributed by atoms with Crippen LogP contribution in [0.2, 0.25) is 0 Å². The molecule has 1 aromatic rings. The lowest BCUT2D eigenvalue weighted by molar-refractivity contribution is 0.152. The van der Waals surface area contributed by atoms with Crippen molar-refractivity contribution in [1.29, 1.82) is 0 Å². The monoisotopic (exact) mass is 261 g/mol. The summed E-state index contributed by atoms with van der Waals surface area (Å²) in [4.78, 5) is 1.12. The highest BCUT2D eigenvalue weighted by atomic mass is 19.3. The topological polar surface area (TPSA) is 108 Å². The van der Waals surface area contributed by atoms with Gasteiger partial charge in [0.1, 0.15) is 0 Å². The van der Waals surface area contributed by atoms with Crippen LogP contribution in [0, 0.1) is 0 Å². The predicted molar refractivity (Wildman–Crippen MR) is 59.8 cm³/mol. The number of anilines is 1. The Hall–Kier alpha value is -2.03. The Bertz CT molecular complexity index is 416. The highest BCUT2D eigenvalue weighted by molar-refractivity contribution is 6.01. The van der Waals surface area contributed by atoms with Crippen LogP contribution in [0.1, 0.15) is 5.56 Å². The first kappa shape index (κ1) is 14.0. The molecule has 0 aliphatic rings. The van der Waals surface area contributed by atoms with Gasteiger partial charge in [0.25, 0.3) is 6.43 Å². The number of aliphatic hydroxyl groups excluding tert-OH is 1. The number of halogens is 2. The van der Waals surface area contributed by atoms with Gasteiger partial charge in [-0.2, -0.15) is 5.10 Å². The Morgan fingerprint density at radius 2 is 2.28 bits per heavy atom. The van der Waals surface area contributed by atoms with Crippen molar-refractivity contribution >= 4 is 11.7 Å². The molecule has 0 bridgehead atoms. The molecule has 0 spiro atoms. The van der Waals surface area contributed by atoms with Crippen molar-refractivity contribution in [2.75, 3.05) is 24.6 Å². The number of amidine groups is 1. The molecule has 9 heteroatoms. The van der Waals surface area contributed by atoms with Crippen LogP contribution in [0.3, 0.4) is 0 Å². The van der Waals surface area contributed by atoms with E-state index in [1.807, 2.05) is 0 Å². The maximum atomic E-state index is 12.4. The maximum absolute atomic E-state index is 12.4. The fraction of sp³-hybridized carbons (Fsp3) is 0.444. The minimum atomic E-state index is -2.61. The van der Waals surface area contributed by atoms with Crippen LogP contribution in [0.5, 0.6) is 0 Å². The first-order valence-corrected chi connectivity index (χ1v) is 5.03. The molecule has 0 fully saturated rings. The van der Waals surface area contributed by atoms with Crippen molar-refractivity contribution in [3.05, 3.63) is 17.8 Å². The molecule has 0 saturated heterocycles. The molecule has 0 aromatic carbocycles. The van der Waals surface area contributed by atoms with Crippen LogP contribution in [0.15, 0.2) is 17.4 Å². The second kappa shape index (κ2) is 6.64. The van der Waals surface area contributed by atoms with E-state index in [4.69, 9.17) is 16.0 Å². The third kappa shape index (κ3) is 3.48. The van der Waals surface area contributed by atoms with E-state index in [-0.39, 0.29) is 30.4 Å². The van der Waals surface area contributed by atoms with Crippen molar-refractivity contribution in [2.24, 2.45) is 10.9 Å². The SMILES string of the molecule is N/C(=N/O)c1ccnnc1N(CCO)CC(F)F. The molecule has 0 unspecified atom stereocenters. The summed E-state index contributed by atoms with van der Waals surface area (Å²) in [5.74, 6) is -0.237. The number of aliphatic hydroxyl groups is 1. The molecule has 0 atom stereocenters. The zero-order valence-electron chi connectivity index (χ0n) is 9.37. The Balaban J connectivity index is 3.10. The highest BCUT2D eigenvalue weighted by Crippen LogP contribution is 2.17. The molecule has 7 nitrogen and oxygen atoms in total. The van der Waals surface area contributed by atoms with E-state index in [1.54, 1.807) is 0 Å². The smallest absolute Gasteiger partial charge is 0.255 e. The van der Waals surface area contributed by atoms with Gasteiger partial charge in [-0.3, -0.25) is 0 Å². The lowest BCUT2D eigenvalue weighted by Crippen LogP contribution is -2.34. The van der Waals surface area contributed by atoms with Crippen molar-refractivity contribution in [3.63, 3.8) is 0 Å². The minimum absolute atomic E-state index is 0.0298. The molecule has 0 radical (unpaired) electrons. The van der Waals surface area contributed by atoms with Gasteiger partial charge in [0.15, 0.2) is 11.7 Å². The molecular weight excluding hydrogens is 248 g/mol. The van der Waals surface area contributed by atoms with Crippen molar-refractivity contribution in [3.8, 4) is 0 Å². The lowest BCUT2D eigenvalue weighted by Gasteiger charge is -2.23. The molecule has 0 saturated carbocycles. The predicted octanol–water partition coefficient (Wildman–Crippen LogP) is -0.365. The highest BCUT2D eigenvalue weighted by Gasteiger charge is 2.19. The van der Waals surface area contributed by atoms with Gasteiger partial charge in [-0.05, 0) is 6.07 Å². The zero-order chi connectivity index (χ0) is 13.5. The van der Waals surface area contributed by atoms with Crippen LogP contribution >= 0.6 is 0 Å². The maximum Gasteiger partial charge on any atom is 0.255 e. The van der Waals surface area contributed by atoms with Crippen molar-refractivity contribution in [1.82, 2.24) is 10.2 Å². The Labute approximate surface area is 102 Å². The van der Waals surface area contributed by atoms with E-state index in [0.29, 0.717) is 0 Å². The third-order valence-electron chi connectivity index (χ3n) is 2.11. The molecule has 0 aliphatic heterocycles. The molecule has 1 rings (SSSR count). The van der Waals surface area contributed by atoms with E-state index in [9.17, 15) is 8.78 Å². The third-order valence-corrected chi connectivity index (χ3v) is 2.11. The number of oxime groups is 1. The summed E-state index contributed by atoms with van der Waals surface area (Å²) < 4.78 is 24.9. The van der Waals surface area contributed by atoms with Crippen LogP contribution in [0.25, 0.3) is 0 Å². The number of hydrogen-bond donors (Lipinski definition) is 3. The number of aromatic nitrogens is 2. The summed E-state index contributed by atoms with van der Waals surface area (Å²) in [5.41, 5.74) is 5.58. The van der Waals surface area contributed by atoms with Crippen LogP contribution < -0.4 is 10.6 Å². The number of nitrogens with two attached hydrogens (primary N) is 1. The number of nitrogens with zero attached hydrogens (tertiary/aromatic N) is 4. The van der Waals surface area contributed by atoms with E-state index in [2.05, 4.69) is 15.4 Å². The average Bonchev–Trinajstić information content (AvgIpc) is 2.37. The molecular formula is C9H13F2N5O2. The molecule has 4 N–H and O–H groups in total. The van der Waals surface area contributed by atoms with Gasteiger partial charge in [-0.15, -0.1) is 5.10 Å². The van der Waals surface area contributed by atoms with E-state index in [1.165, 1.54) is 12.3 Å². The second-order valence-corrected chi connectivity index (χ2v) is 3.31. The fourth-order valence-corrected chi connectivity index (χ4v) is 1.38. The summed E-state index contributed by atoms with van der Waals surface area (Å²) in [6, 6.07) is 1.38. The Morgan fingerprint density at radius 3 is 2.83 bits per heavy atom. The van der Waals surface area contributed by atoms with Gasteiger partial charge < -0.3 is 20.9 Å². The first-order chi connectivity index (χ1) is 8.60. The van der Waals surface area contributed by atoms with Crippen LogP contribution in [-0.4, -0.2) is 52.5 Å². The number of hydrogen-bond acceptors (Lipinski definition) is 6. The van der Waals surface area contributed by atoms with Gasteiger partial charge in [-0.25, -0.2) is 8.78 Å². The quantitative estimate of drug-likeness (QED) is 0.279. The normalized spacial score (nSPS) is 11.9. The van der Waals surface area contributed by atoms with Gasteiger partial charge in [0, 0.05) is 6.54 Å². The van der Waals surface area contributed by atoms with Crippen LogP contribution in [-0.2, 0) is 0 Å². The first-order valence-electron chi connectivity index (χ1n) is 5.03. The lowest BCUT2D eigenvalue weighted by atomic mass is 10.2. The van der Waals surface area contributed by atoms with Crippen molar-refractivity contribution < 1.29 is 19.1 Å². The molecule has 0 aliphatic carbocycles. The number of alkyl halides is 2. The summed E-state index contributed by atoms with van der Waals surface area (Å²) >= 11 is 0. The van der Waals surface area contributed by atoms with Crippen molar-refractivity contribution in [2.45, 2.75) is 6.43 Å². The molecule has 18 heavy (non-hydrogen) atoms. The summed E-state index contributed by atoms with van der Waals surface area (Å²) in [6.45, 7) is -1.03. The molecule has 1 aromatic heterocycles. The van der Waals surface area contributed by atoms with E-state index in [0.717, 1.165) is 4.90 Å². The zero-order valence-corrected chi connectivity index (χ0v) is 9.37. The number of rotatable bonds is 6. The fourth-order valence-electron chi connectivity index (χ4n) is 1.38. The van der Waals surface area contributed by atoms with Gasteiger partial charge >= 0.3 is 0 Å². The minimum Gasteiger partial charge on any atom is -0.409 e. The molecule has 100 valence electrons. The van der Waals surface area contributed by atoms with E-state index >= 15 is 0 Å². The van der Waals surface area contributed by atoms with E-state index < -0.39 is 13.0 Å². The van der Waals surface area contributed by atoms with Crippen LogP contribution in [0.4, 0.5) is 14.6 Å². The molecule has 1 heterocycles. The largest absolute Gasteiger partial charge is 0.409 e. The Kier molecular flexibility index (Phi) is 5.18. The van der Waals surface area contributed by atoms with Gasteiger partial charge in [0.05, 0.1) is 24.9 Å². The standard InChI is InChI=1S/C9H13F2N5O2/c10-7(11)5-16(3-4-17)9-6(8(12)15-18)1-2-13-14-9/h1-2,7,17-18H,3-5H2,(H2,12,15). The average molecular weight is 261 g/mol. The second-order valence-electron chi connectivity index (χ2n) is 3.31. The van der Waals surface area contributed by atoms with Gasteiger partial charge in [-0.1, -0.05) is 5.16 Å². The summed E-state index contributed by atoms with van der Waals surface area (Å²) in [6.07, 6.45) is -1.32.